The molecule has 0 heterocycles. The van der Waals surface area contributed by atoms with Crippen molar-refractivity contribution in [2.45, 2.75) is 13.8 Å². The molecule has 2 nitrogen and oxygen atoms in total. The number of halogens is 1. The highest BCUT2D eigenvalue weighted by atomic mass is 35.5. The van der Waals surface area contributed by atoms with Gasteiger partial charge in [0.1, 0.15) is 5.75 Å². The molecule has 0 aliphatic rings. The van der Waals surface area contributed by atoms with Gasteiger partial charge in [-0.05, 0) is 31.0 Å². The third kappa shape index (κ3) is 1.34. The van der Waals surface area contributed by atoms with E-state index < -0.39 is 0 Å². The summed E-state index contributed by atoms with van der Waals surface area (Å²) in [5, 5.41) is 0.716. The first-order valence-electron chi connectivity index (χ1n) is 3.67. The largest absolute Gasteiger partial charge is 0.495 e. The van der Waals surface area contributed by atoms with Crippen LogP contribution in [0.1, 0.15) is 11.1 Å². The zero-order chi connectivity index (χ0) is 9.30. The lowest BCUT2D eigenvalue weighted by Crippen LogP contribution is -1.97. The van der Waals surface area contributed by atoms with Gasteiger partial charge < -0.3 is 10.5 Å². The molecule has 12 heavy (non-hydrogen) atoms. The molecule has 0 saturated heterocycles. The molecular weight excluding hydrogens is 174 g/mol. The van der Waals surface area contributed by atoms with Crippen molar-refractivity contribution in [2.75, 3.05) is 12.8 Å². The summed E-state index contributed by atoms with van der Waals surface area (Å²) in [6.45, 7) is 3.81. The van der Waals surface area contributed by atoms with E-state index in [0.717, 1.165) is 11.1 Å². The van der Waals surface area contributed by atoms with Crippen LogP contribution in [0.4, 0.5) is 5.69 Å². The minimum Gasteiger partial charge on any atom is -0.495 e. The molecule has 0 spiro atoms. The van der Waals surface area contributed by atoms with Crippen LogP contribution in [0.15, 0.2) is 6.07 Å². The van der Waals surface area contributed by atoms with E-state index in [1.165, 1.54) is 0 Å². The van der Waals surface area contributed by atoms with Crippen molar-refractivity contribution < 1.29 is 4.74 Å². The van der Waals surface area contributed by atoms with Gasteiger partial charge in [-0.2, -0.15) is 0 Å². The van der Waals surface area contributed by atoms with Crippen LogP contribution in [0.25, 0.3) is 0 Å². The SMILES string of the molecule is COc1cc(C)c(Cl)c(C)c1N. The number of aryl methyl sites for hydroxylation is 1. The molecule has 0 bridgehead atoms. The number of hydrogen-bond acceptors (Lipinski definition) is 2. The van der Waals surface area contributed by atoms with Crippen LogP contribution in [0.5, 0.6) is 5.75 Å². The molecule has 1 aromatic rings. The highest BCUT2D eigenvalue weighted by molar-refractivity contribution is 6.32. The molecule has 0 aromatic heterocycles. The van der Waals surface area contributed by atoms with E-state index in [4.69, 9.17) is 22.1 Å². The molecule has 0 atom stereocenters. The Morgan fingerprint density at radius 3 is 2.50 bits per heavy atom. The van der Waals surface area contributed by atoms with Crippen molar-refractivity contribution in [1.29, 1.82) is 0 Å². The Bertz CT molecular complexity index is 310. The predicted octanol–water partition coefficient (Wildman–Crippen LogP) is 2.55. The van der Waals surface area contributed by atoms with E-state index in [9.17, 15) is 0 Å². The second-order valence-corrected chi connectivity index (χ2v) is 3.13. The molecule has 0 unspecified atom stereocenters. The fraction of sp³-hybridized carbons (Fsp3) is 0.333. The van der Waals surface area contributed by atoms with Crippen molar-refractivity contribution >= 4 is 17.3 Å². The number of benzene rings is 1. The zero-order valence-electron chi connectivity index (χ0n) is 7.44. The highest BCUT2D eigenvalue weighted by Gasteiger charge is 2.08. The lowest BCUT2D eigenvalue weighted by molar-refractivity contribution is 0.416. The summed E-state index contributed by atoms with van der Waals surface area (Å²) in [4.78, 5) is 0. The molecule has 66 valence electrons. The second-order valence-electron chi connectivity index (χ2n) is 2.75. The number of rotatable bonds is 1. The van der Waals surface area contributed by atoms with Crippen LogP contribution in [-0.2, 0) is 0 Å². The van der Waals surface area contributed by atoms with Crippen molar-refractivity contribution in [3.63, 3.8) is 0 Å². The van der Waals surface area contributed by atoms with Crippen molar-refractivity contribution in [1.82, 2.24) is 0 Å². The number of nitrogen functional groups attached to an aromatic ring is 1. The van der Waals surface area contributed by atoms with Crippen LogP contribution in [-0.4, -0.2) is 7.11 Å². The Balaban J connectivity index is 3.39. The molecule has 0 radical (unpaired) electrons. The van der Waals surface area contributed by atoms with Gasteiger partial charge in [-0.25, -0.2) is 0 Å². The summed E-state index contributed by atoms with van der Waals surface area (Å²) in [6.07, 6.45) is 0. The first kappa shape index (κ1) is 9.20. The van der Waals surface area contributed by atoms with Crippen LogP contribution in [0.2, 0.25) is 5.02 Å². The maximum Gasteiger partial charge on any atom is 0.142 e. The minimum absolute atomic E-state index is 0.619. The molecule has 3 heteroatoms. The topological polar surface area (TPSA) is 35.2 Å². The first-order valence-corrected chi connectivity index (χ1v) is 4.05. The molecule has 1 aromatic carbocycles. The summed E-state index contributed by atoms with van der Waals surface area (Å²) in [5.41, 5.74) is 8.24. The van der Waals surface area contributed by atoms with Crippen LogP contribution in [0.3, 0.4) is 0 Å². The lowest BCUT2D eigenvalue weighted by Gasteiger charge is -2.10. The van der Waals surface area contributed by atoms with E-state index in [2.05, 4.69) is 0 Å². The normalized spacial score (nSPS) is 10.0. The van der Waals surface area contributed by atoms with E-state index in [-0.39, 0.29) is 0 Å². The molecule has 0 aliphatic heterocycles. The molecule has 0 fully saturated rings. The average molecular weight is 186 g/mol. The van der Waals surface area contributed by atoms with Gasteiger partial charge in [0.15, 0.2) is 0 Å². The van der Waals surface area contributed by atoms with Crippen LogP contribution in [0, 0.1) is 13.8 Å². The van der Waals surface area contributed by atoms with Gasteiger partial charge in [-0.1, -0.05) is 11.6 Å². The predicted molar refractivity (Wildman–Crippen MR) is 51.9 cm³/mol. The fourth-order valence-electron chi connectivity index (χ4n) is 1.11. The third-order valence-corrected chi connectivity index (χ3v) is 2.49. The molecule has 0 saturated carbocycles. The summed E-state index contributed by atoms with van der Waals surface area (Å²) < 4.78 is 5.08. The molecule has 0 amide bonds. The Kier molecular flexibility index (Phi) is 2.48. The minimum atomic E-state index is 0.619. The summed E-state index contributed by atoms with van der Waals surface area (Å²) in [6, 6.07) is 1.84. The zero-order valence-corrected chi connectivity index (χ0v) is 8.20. The van der Waals surface area contributed by atoms with Gasteiger partial charge in [0.05, 0.1) is 12.8 Å². The standard InChI is InChI=1S/C9H12ClNO/c1-5-4-7(12-3)9(11)6(2)8(5)10/h4H,11H2,1-3H3. The van der Waals surface area contributed by atoms with Gasteiger partial charge in [0, 0.05) is 5.02 Å². The maximum atomic E-state index is 5.98. The van der Waals surface area contributed by atoms with Gasteiger partial charge in [-0.3, -0.25) is 0 Å². The molecule has 1 rings (SSSR count). The highest BCUT2D eigenvalue weighted by Crippen LogP contribution is 2.33. The van der Waals surface area contributed by atoms with Crippen molar-refractivity contribution in [3.8, 4) is 5.75 Å². The summed E-state index contributed by atoms with van der Waals surface area (Å²) in [5.74, 6) is 0.689. The number of nitrogens with two attached hydrogens (primary N) is 1. The second kappa shape index (κ2) is 3.23. The van der Waals surface area contributed by atoms with E-state index >= 15 is 0 Å². The summed E-state index contributed by atoms with van der Waals surface area (Å²) >= 11 is 5.98. The first-order chi connectivity index (χ1) is 5.57. The Morgan fingerprint density at radius 2 is 2.00 bits per heavy atom. The Hall–Kier alpha value is -0.890. The number of hydrogen-bond donors (Lipinski definition) is 1. The molecular formula is C9H12ClNO. The van der Waals surface area contributed by atoms with E-state index in [1.54, 1.807) is 7.11 Å². The smallest absolute Gasteiger partial charge is 0.142 e. The monoisotopic (exact) mass is 185 g/mol. The Labute approximate surface area is 77.3 Å². The number of ether oxygens (including phenoxy) is 1. The van der Waals surface area contributed by atoms with Gasteiger partial charge in [0.2, 0.25) is 0 Å². The summed E-state index contributed by atoms with van der Waals surface area (Å²) in [7, 11) is 1.60. The maximum absolute atomic E-state index is 5.98. The average Bonchev–Trinajstić information content (AvgIpc) is 2.08. The fourth-order valence-corrected chi connectivity index (χ4v) is 1.26. The molecule has 2 N–H and O–H groups in total. The van der Waals surface area contributed by atoms with Crippen LogP contribution >= 0.6 is 11.6 Å². The lowest BCUT2D eigenvalue weighted by atomic mass is 10.1. The molecule has 0 aliphatic carbocycles. The van der Waals surface area contributed by atoms with Gasteiger partial charge >= 0.3 is 0 Å². The van der Waals surface area contributed by atoms with E-state index in [0.29, 0.717) is 16.5 Å². The quantitative estimate of drug-likeness (QED) is 0.683. The van der Waals surface area contributed by atoms with Crippen LogP contribution < -0.4 is 10.5 Å². The van der Waals surface area contributed by atoms with Crippen molar-refractivity contribution in [3.05, 3.63) is 22.2 Å². The number of methoxy groups -OCH3 is 1. The van der Waals surface area contributed by atoms with Crippen molar-refractivity contribution in [2.24, 2.45) is 0 Å². The van der Waals surface area contributed by atoms with Gasteiger partial charge in [0.25, 0.3) is 0 Å². The third-order valence-electron chi connectivity index (χ3n) is 1.91. The van der Waals surface area contributed by atoms with Gasteiger partial charge in [-0.15, -0.1) is 0 Å². The number of anilines is 1. The van der Waals surface area contributed by atoms with E-state index in [1.807, 2.05) is 19.9 Å². The Morgan fingerprint density at radius 1 is 1.42 bits per heavy atom.